The van der Waals surface area contributed by atoms with Crippen molar-refractivity contribution in [3.05, 3.63) is 53.8 Å². The van der Waals surface area contributed by atoms with Crippen molar-refractivity contribution in [1.29, 1.82) is 0 Å². The highest BCUT2D eigenvalue weighted by atomic mass is 19.1. The van der Waals surface area contributed by atoms with E-state index >= 15 is 0 Å². The average molecular weight is 283 g/mol. The Morgan fingerprint density at radius 1 is 1.00 bits per heavy atom. The quantitative estimate of drug-likeness (QED) is 0.873. The number of hydrogen-bond donors (Lipinski definition) is 2. The maximum atomic E-state index is 13.1. The molecule has 2 aliphatic heterocycles. The van der Waals surface area contributed by atoms with Crippen molar-refractivity contribution >= 4 is 17.1 Å². The van der Waals surface area contributed by atoms with Crippen LogP contribution in [0.3, 0.4) is 0 Å². The third kappa shape index (κ3) is 2.20. The second-order valence-electron chi connectivity index (χ2n) is 5.66. The molecule has 2 aromatic rings. The van der Waals surface area contributed by atoms with Crippen molar-refractivity contribution in [3.63, 3.8) is 0 Å². The molecule has 0 bridgehead atoms. The molecule has 2 N–H and O–H groups in total. The van der Waals surface area contributed by atoms with Crippen molar-refractivity contribution in [2.24, 2.45) is 0 Å². The molecule has 4 heteroatoms. The summed E-state index contributed by atoms with van der Waals surface area (Å²) in [6.45, 7) is 1.82. The van der Waals surface area contributed by atoms with Crippen LogP contribution in [-0.2, 0) is 0 Å². The summed E-state index contributed by atoms with van der Waals surface area (Å²) in [5.41, 5.74) is 4.78. The minimum atomic E-state index is -0.178. The third-order valence-electron chi connectivity index (χ3n) is 4.40. The number of fused-ring (bicyclic) bond motifs is 1. The van der Waals surface area contributed by atoms with E-state index in [1.807, 2.05) is 12.1 Å². The van der Waals surface area contributed by atoms with Crippen molar-refractivity contribution in [3.8, 4) is 0 Å². The van der Waals surface area contributed by atoms with E-state index in [1.165, 1.54) is 23.4 Å². The highest BCUT2D eigenvalue weighted by Crippen LogP contribution is 2.38. The van der Waals surface area contributed by atoms with Crippen LogP contribution in [0.2, 0.25) is 0 Å². The summed E-state index contributed by atoms with van der Waals surface area (Å²) in [5.74, 6) is -0.178. The minimum Gasteiger partial charge on any atom is -0.366 e. The minimum absolute atomic E-state index is 0.178. The van der Waals surface area contributed by atoms with Crippen molar-refractivity contribution in [2.75, 3.05) is 28.7 Å². The van der Waals surface area contributed by atoms with E-state index in [0.717, 1.165) is 25.3 Å². The summed E-state index contributed by atoms with van der Waals surface area (Å²) < 4.78 is 13.1. The normalized spacial score (nSPS) is 20.0. The summed E-state index contributed by atoms with van der Waals surface area (Å²) in [6.07, 6.45) is 2.31. The van der Waals surface area contributed by atoms with Crippen molar-refractivity contribution in [2.45, 2.75) is 18.9 Å². The Morgan fingerprint density at radius 3 is 2.67 bits per heavy atom. The summed E-state index contributed by atoms with van der Waals surface area (Å²) in [4.78, 5) is 2.38. The molecule has 0 radical (unpaired) electrons. The molecule has 1 atom stereocenters. The van der Waals surface area contributed by atoms with Gasteiger partial charge in [-0.2, -0.15) is 0 Å². The summed E-state index contributed by atoms with van der Waals surface area (Å²) in [5, 5.41) is 6.65. The lowest BCUT2D eigenvalue weighted by atomic mass is 10.0. The van der Waals surface area contributed by atoms with E-state index < -0.39 is 0 Å². The lowest BCUT2D eigenvalue weighted by Gasteiger charge is -2.27. The zero-order chi connectivity index (χ0) is 14.2. The Hall–Kier alpha value is -2.23. The number of rotatable bonds is 2. The first-order valence-electron chi connectivity index (χ1n) is 7.45. The molecule has 21 heavy (non-hydrogen) atoms. The monoisotopic (exact) mass is 283 g/mol. The summed E-state index contributed by atoms with van der Waals surface area (Å²) >= 11 is 0. The molecule has 3 nitrogen and oxygen atoms in total. The molecule has 0 amide bonds. The smallest absolute Gasteiger partial charge is 0.123 e. The first-order valence-corrected chi connectivity index (χ1v) is 7.45. The lowest BCUT2D eigenvalue weighted by molar-refractivity contribution is 0.627. The Kier molecular flexibility index (Phi) is 2.95. The van der Waals surface area contributed by atoms with Crippen molar-refractivity contribution < 1.29 is 4.39 Å². The van der Waals surface area contributed by atoms with E-state index in [9.17, 15) is 4.39 Å². The first-order chi connectivity index (χ1) is 10.3. The Labute approximate surface area is 123 Å². The first kappa shape index (κ1) is 12.5. The number of benzene rings is 2. The Bertz CT molecular complexity index is 654. The molecule has 0 aliphatic carbocycles. The zero-order valence-corrected chi connectivity index (χ0v) is 11.8. The predicted octanol–water partition coefficient (Wildman–Crippen LogP) is 3.96. The van der Waals surface area contributed by atoms with Gasteiger partial charge < -0.3 is 15.5 Å². The fourth-order valence-corrected chi connectivity index (χ4v) is 3.36. The van der Waals surface area contributed by atoms with E-state index in [1.54, 1.807) is 12.1 Å². The SMILES string of the molecule is Fc1ccc(N2CCC[C@@H]2c2ccc3c(c2)NCN3)cc1. The standard InChI is InChI=1S/C17H18FN3/c18-13-4-6-14(7-5-13)21-9-1-2-17(21)12-3-8-15-16(10-12)20-11-19-15/h3-8,10,17,19-20H,1-2,9,11H2/t17-/m1/s1. The molecule has 4 rings (SSSR count). The van der Waals surface area contributed by atoms with Crippen LogP contribution in [0.5, 0.6) is 0 Å². The van der Waals surface area contributed by atoms with Crippen LogP contribution in [0.15, 0.2) is 42.5 Å². The van der Waals surface area contributed by atoms with Gasteiger partial charge in [0.25, 0.3) is 0 Å². The van der Waals surface area contributed by atoms with Gasteiger partial charge in [0.15, 0.2) is 0 Å². The molecule has 0 aromatic heterocycles. The second kappa shape index (κ2) is 4.95. The van der Waals surface area contributed by atoms with Gasteiger partial charge >= 0.3 is 0 Å². The maximum absolute atomic E-state index is 13.1. The maximum Gasteiger partial charge on any atom is 0.123 e. The van der Waals surface area contributed by atoms with Gasteiger partial charge in [0.2, 0.25) is 0 Å². The molecule has 2 heterocycles. The van der Waals surface area contributed by atoms with E-state index in [0.29, 0.717) is 6.04 Å². The highest BCUT2D eigenvalue weighted by Gasteiger charge is 2.27. The summed E-state index contributed by atoms with van der Waals surface area (Å²) in [7, 11) is 0. The lowest BCUT2D eigenvalue weighted by Crippen LogP contribution is -2.22. The van der Waals surface area contributed by atoms with Crippen LogP contribution in [-0.4, -0.2) is 13.2 Å². The van der Waals surface area contributed by atoms with Gasteiger partial charge in [0.05, 0.1) is 24.1 Å². The van der Waals surface area contributed by atoms with Crippen LogP contribution in [0.1, 0.15) is 24.4 Å². The van der Waals surface area contributed by atoms with Crippen LogP contribution < -0.4 is 15.5 Å². The molecular weight excluding hydrogens is 265 g/mol. The average Bonchev–Trinajstić information content (AvgIpc) is 3.16. The molecule has 108 valence electrons. The van der Waals surface area contributed by atoms with Gasteiger partial charge in [-0.1, -0.05) is 6.07 Å². The predicted molar refractivity (Wildman–Crippen MR) is 84.3 cm³/mol. The van der Waals surface area contributed by atoms with Crippen LogP contribution in [0, 0.1) is 5.82 Å². The second-order valence-corrected chi connectivity index (χ2v) is 5.66. The van der Waals surface area contributed by atoms with E-state index in [4.69, 9.17) is 0 Å². The van der Waals surface area contributed by atoms with Crippen LogP contribution in [0.4, 0.5) is 21.5 Å². The molecule has 2 aliphatic rings. The Morgan fingerprint density at radius 2 is 1.81 bits per heavy atom. The molecule has 0 spiro atoms. The van der Waals surface area contributed by atoms with Crippen LogP contribution in [0.25, 0.3) is 0 Å². The number of halogens is 1. The van der Waals surface area contributed by atoms with Gasteiger partial charge in [-0.15, -0.1) is 0 Å². The molecule has 1 saturated heterocycles. The highest BCUT2D eigenvalue weighted by molar-refractivity contribution is 5.74. The largest absolute Gasteiger partial charge is 0.366 e. The zero-order valence-electron chi connectivity index (χ0n) is 11.8. The fourth-order valence-electron chi connectivity index (χ4n) is 3.36. The number of anilines is 3. The van der Waals surface area contributed by atoms with Gasteiger partial charge in [0, 0.05) is 12.2 Å². The van der Waals surface area contributed by atoms with Gasteiger partial charge in [-0.3, -0.25) is 0 Å². The molecule has 0 saturated carbocycles. The third-order valence-corrected chi connectivity index (χ3v) is 4.40. The number of nitrogens with one attached hydrogen (secondary N) is 2. The summed E-state index contributed by atoms with van der Waals surface area (Å²) in [6, 6.07) is 13.8. The van der Waals surface area contributed by atoms with Crippen molar-refractivity contribution in [1.82, 2.24) is 0 Å². The molecule has 1 fully saturated rings. The van der Waals surface area contributed by atoms with Gasteiger partial charge in [0.1, 0.15) is 5.82 Å². The molecule has 2 aromatic carbocycles. The van der Waals surface area contributed by atoms with Gasteiger partial charge in [-0.25, -0.2) is 4.39 Å². The topological polar surface area (TPSA) is 27.3 Å². The van der Waals surface area contributed by atoms with Gasteiger partial charge in [-0.05, 0) is 54.8 Å². The van der Waals surface area contributed by atoms with Crippen LogP contribution >= 0.6 is 0 Å². The fraction of sp³-hybridized carbons (Fsp3) is 0.294. The van der Waals surface area contributed by atoms with E-state index in [2.05, 4.69) is 33.7 Å². The number of nitrogens with zero attached hydrogens (tertiary/aromatic N) is 1. The molecule has 0 unspecified atom stereocenters. The Balaban J connectivity index is 1.65. The molecular formula is C17H18FN3. The van der Waals surface area contributed by atoms with E-state index in [-0.39, 0.29) is 5.82 Å². The number of hydrogen-bond acceptors (Lipinski definition) is 3.